The van der Waals surface area contributed by atoms with E-state index < -0.39 is 28.8 Å². The van der Waals surface area contributed by atoms with E-state index in [1.807, 2.05) is 6.92 Å². The summed E-state index contributed by atoms with van der Waals surface area (Å²) in [4.78, 5) is 17.7. The molecule has 0 saturated carbocycles. The summed E-state index contributed by atoms with van der Waals surface area (Å²) >= 11 is 0. The number of hydrogen-bond donors (Lipinski definition) is 2. The highest BCUT2D eigenvalue weighted by Crippen LogP contribution is 2.49. The molecule has 0 bridgehead atoms. The lowest BCUT2D eigenvalue weighted by atomic mass is 10.5. The fraction of sp³-hybridized carbons (Fsp3) is 1.00. The molecule has 0 aliphatic heterocycles. The molecular weight excluding hydrogens is 259 g/mol. The molecule has 0 rings (SSSR count). The first-order chi connectivity index (χ1) is 6.77. The van der Waals surface area contributed by atoms with Gasteiger partial charge >= 0.3 is 7.82 Å². The molecule has 0 fully saturated rings. The molecule has 0 spiro atoms. The fourth-order valence-corrected chi connectivity index (χ4v) is 17.3. The van der Waals surface area contributed by atoms with Gasteiger partial charge in [0.15, 0.2) is 0 Å². The average Bonchev–Trinajstić information content (AvgIpc) is 1.93. The van der Waals surface area contributed by atoms with Gasteiger partial charge in [0.25, 0.3) is 0 Å². The van der Waals surface area contributed by atoms with E-state index in [1.54, 1.807) is 0 Å². The molecular formula is C9H25O4PSi2. The Morgan fingerprint density at radius 2 is 1.38 bits per heavy atom. The van der Waals surface area contributed by atoms with E-state index in [4.69, 9.17) is 14.3 Å². The van der Waals surface area contributed by atoms with Gasteiger partial charge in [-0.2, -0.15) is 0 Å². The molecule has 2 N–H and O–H groups in total. The van der Waals surface area contributed by atoms with Crippen molar-refractivity contribution in [2.75, 3.05) is 0 Å². The predicted octanol–water partition coefficient (Wildman–Crippen LogP) is 3.00. The summed E-state index contributed by atoms with van der Waals surface area (Å²) < 4.78 is 16.5. The van der Waals surface area contributed by atoms with Crippen molar-refractivity contribution in [1.29, 1.82) is 0 Å². The van der Waals surface area contributed by atoms with Gasteiger partial charge in [0.2, 0.25) is 0 Å². The highest BCUT2D eigenvalue weighted by atomic mass is 31.2. The van der Waals surface area contributed by atoms with Gasteiger partial charge in [-0.15, -0.1) is 0 Å². The van der Waals surface area contributed by atoms with Gasteiger partial charge in [-0.1, -0.05) is 46.2 Å². The van der Waals surface area contributed by atoms with Gasteiger partial charge in [0, 0.05) is 0 Å². The van der Waals surface area contributed by atoms with E-state index in [2.05, 4.69) is 39.3 Å². The molecule has 0 atom stereocenters. The van der Waals surface area contributed by atoms with Crippen LogP contribution in [0.2, 0.25) is 39.3 Å². The van der Waals surface area contributed by atoms with Gasteiger partial charge < -0.3 is 9.79 Å². The van der Waals surface area contributed by atoms with Gasteiger partial charge in [0.1, 0.15) is 0 Å². The zero-order chi connectivity index (χ0) is 13.4. The Labute approximate surface area is 101 Å². The summed E-state index contributed by atoms with van der Waals surface area (Å²) in [6, 6.07) is 0. The second-order valence-corrected chi connectivity index (χ2v) is 18.5. The lowest BCUT2D eigenvalue weighted by Gasteiger charge is -2.50. The monoisotopic (exact) mass is 284 g/mol. The summed E-state index contributed by atoms with van der Waals surface area (Å²) in [5.41, 5.74) is 0. The van der Waals surface area contributed by atoms with Crippen LogP contribution in [0.5, 0.6) is 0 Å². The molecule has 7 heteroatoms. The summed E-state index contributed by atoms with van der Waals surface area (Å²) in [6.07, 6.45) is 0.670. The van der Waals surface area contributed by atoms with Gasteiger partial charge in [-0.3, -0.25) is 4.52 Å². The predicted molar refractivity (Wildman–Crippen MR) is 72.8 cm³/mol. The molecule has 0 saturated heterocycles. The van der Waals surface area contributed by atoms with Crippen LogP contribution in [0, 0.1) is 0 Å². The summed E-state index contributed by atoms with van der Waals surface area (Å²) in [6.45, 7) is 14.7. The molecule has 4 nitrogen and oxygen atoms in total. The van der Waals surface area contributed by atoms with E-state index in [0.717, 1.165) is 0 Å². The highest BCUT2D eigenvalue weighted by Gasteiger charge is 2.55. The van der Waals surface area contributed by atoms with Crippen molar-refractivity contribution in [3.8, 4) is 0 Å². The van der Waals surface area contributed by atoms with Crippen molar-refractivity contribution >= 4 is 24.0 Å². The Balaban J connectivity index is 5.60. The van der Waals surface area contributed by atoms with Crippen LogP contribution in [-0.4, -0.2) is 30.8 Å². The maximum Gasteiger partial charge on any atom is 0.469 e. The average molecular weight is 284 g/mol. The normalized spacial score (nSPS) is 15.3. The topological polar surface area (TPSA) is 66.8 Å². The molecule has 0 unspecified atom stereocenters. The SMILES string of the molecule is CCC(OP(=O)(O)O)([Si](C)(C)C)[Si](C)(C)C. The molecule has 0 aliphatic rings. The van der Waals surface area contributed by atoms with E-state index in [0.29, 0.717) is 6.42 Å². The van der Waals surface area contributed by atoms with Crippen molar-refractivity contribution in [2.24, 2.45) is 0 Å². The quantitative estimate of drug-likeness (QED) is 0.601. The second kappa shape index (κ2) is 4.67. The molecule has 0 aromatic rings. The zero-order valence-electron chi connectivity index (χ0n) is 11.4. The minimum absolute atomic E-state index is 0.584. The van der Waals surface area contributed by atoms with Crippen LogP contribution in [0.15, 0.2) is 0 Å². The number of phosphoric ester groups is 1. The van der Waals surface area contributed by atoms with Crippen LogP contribution in [0.3, 0.4) is 0 Å². The Morgan fingerprint density at radius 3 is 1.44 bits per heavy atom. The van der Waals surface area contributed by atoms with Crippen LogP contribution in [0.1, 0.15) is 13.3 Å². The minimum atomic E-state index is -4.43. The first-order valence-corrected chi connectivity index (χ1v) is 14.1. The third-order valence-electron chi connectivity index (χ3n) is 3.20. The van der Waals surface area contributed by atoms with Crippen LogP contribution < -0.4 is 0 Å². The highest BCUT2D eigenvalue weighted by molar-refractivity contribution is 7.46. The number of hydrogen-bond acceptors (Lipinski definition) is 2. The zero-order valence-corrected chi connectivity index (χ0v) is 14.3. The van der Waals surface area contributed by atoms with Gasteiger partial charge in [-0.05, 0) is 6.42 Å². The van der Waals surface area contributed by atoms with Crippen molar-refractivity contribution in [3.63, 3.8) is 0 Å². The summed E-state index contributed by atoms with van der Waals surface area (Å²) in [5.74, 6) is 0. The Morgan fingerprint density at radius 1 is 1.06 bits per heavy atom. The van der Waals surface area contributed by atoms with Gasteiger partial charge in [0.05, 0.1) is 21.0 Å². The van der Waals surface area contributed by atoms with Crippen molar-refractivity contribution < 1.29 is 18.9 Å². The summed E-state index contributed by atoms with van der Waals surface area (Å²) in [5, 5.41) is 0. The van der Waals surface area contributed by atoms with E-state index in [1.165, 1.54) is 0 Å². The molecule has 0 amide bonds. The van der Waals surface area contributed by atoms with Gasteiger partial charge in [-0.25, -0.2) is 4.57 Å². The fourth-order valence-electron chi connectivity index (χ4n) is 2.73. The first-order valence-electron chi connectivity index (χ1n) is 5.53. The second-order valence-electron chi connectivity index (χ2n) is 6.26. The van der Waals surface area contributed by atoms with Crippen LogP contribution in [0.4, 0.5) is 0 Å². The molecule has 0 heterocycles. The molecule has 0 aliphatic carbocycles. The maximum atomic E-state index is 11.2. The number of rotatable bonds is 5. The standard InChI is InChI=1S/C9H25O4PSi2/c1-8-9(15(2,3)4,16(5,6)7)13-14(10,11)12/h8H2,1-7H3,(H2,10,11,12). The molecule has 0 aromatic heterocycles. The van der Waals surface area contributed by atoms with Crippen LogP contribution in [-0.2, 0) is 9.09 Å². The number of phosphoric acid groups is 1. The van der Waals surface area contributed by atoms with E-state index in [-0.39, 0.29) is 0 Å². The molecule has 16 heavy (non-hydrogen) atoms. The van der Waals surface area contributed by atoms with Crippen LogP contribution >= 0.6 is 7.82 Å². The van der Waals surface area contributed by atoms with Crippen LogP contribution in [0.25, 0.3) is 0 Å². The minimum Gasteiger partial charge on any atom is -0.303 e. The molecule has 98 valence electrons. The lowest BCUT2D eigenvalue weighted by molar-refractivity contribution is 0.137. The Kier molecular flexibility index (Phi) is 4.83. The Bertz CT molecular complexity index is 273. The van der Waals surface area contributed by atoms with E-state index in [9.17, 15) is 4.57 Å². The summed E-state index contributed by atoms with van der Waals surface area (Å²) in [7, 11) is -8.10. The van der Waals surface area contributed by atoms with Crippen molar-refractivity contribution in [2.45, 2.75) is 57.5 Å². The lowest BCUT2D eigenvalue weighted by Crippen LogP contribution is -2.67. The molecule has 0 aromatic carbocycles. The smallest absolute Gasteiger partial charge is 0.303 e. The largest absolute Gasteiger partial charge is 0.469 e. The first kappa shape index (κ1) is 16.5. The third-order valence-corrected chi connectivity index (χ3v) is 14.3. The van der Waals surface area contributed by atoms with Crippen molar-refractivity contribution in [1.82, 2.24) is 0 Å². The van der Waals surface area contributed by atoms with Crippen molar-refractivity contribution in [3.05, 3.63) is 0 Å². The van der Waals surface area contributed by atoms with E-state index >= 15 is 0 Å². The Hall–Kier alpha value is 0.544. The third kappa shape index (κ3) is 3.52. The molecule has 0 radical (unpaired) electrons. The maximum absolute atomic E-state index is 11.2.